The second kappa shape index (κ2) is 8.21. The lowest BCUT2D eigenvalue weighted by atomic mass is 9.99. The standard InChI is InChI=1S/C21H21N3O2/c1-26-18-7-8-20-19(12-18)17(14-24-20)11-16(13-22)21(25)23-10-9-15-5-3-2-4-6-15/h2-8,12,14,16,24H,9-11H2,1H3,(H,23,25). The molecule has 0 aliphatic carbocycles. The van der Waals surface area contributed by atoms with Crippen molar-refractivity contribution in [1.82, 2.24) is 10.3 Å². The molecule has 1 atom stereocenters. The van der Waals surface area contributed by atoms with Crippen LogP contribution in [0.25, 0.3) is 10.9 Å². The highest BCUT2D eigenvalue weighted by molar-refractivity contribution is 5.86. The highest BCUT2D eigenvalue weighted by atomic mass is 16.5. The van der Waals surface area contributed by atoms with Crippen LogP contribution in [0.4, 0.5) is 0 Å². The number of hydrogen-bond acceptors (Lipinski definition) is 3. The van der Waals surface area contributed by atoms with E-state index in [1.165, 1.54) is 0 Å². The third-order valence-electron chi connectivity index (χ3n) is 4.43. The van der Waals surface area contributed by atoms with Crippen LogP contribution in [0.3, 0.4) is 0 Å². The number of methoxy groups -OCH3 is 1. The number of carbonyl (C=O) groups is 1. The molecule has 0 aliphatic heterocycles. The number of nitrogens with one attached hydrogen (secondary N) is 2. The molecule has 3 rings (SSSR count). The number of nitriles is 1. The predicted molar refractivity (Wildman–Crippen MR) is 101 cm³/mol. The molecule has 0 fully saturated rings. The van der Waals surface area contributed by atoms with Crippen molar-refractivity contribution in [1.29, 1.82) is 5.26 Å². The summed E-state index contributed by atoms with van der Waals surface area (Å²) in [5.74, 6) is -0.212. The quantitative estimate of drug-likeness (QED) is 0.689. The summed E-state index contributed by atoms with van der Waals surface area (Å²) in [5.41, 5.74) is 3.05. The van der Waals surface area contributed by atoms with E-state index in [0.29, 0.717) is 13.0 Å². The Hall–Kier alpha value is -3.26. The molecule has 132 valence electrons. The van der Waals surface area contributed by atoms with E-state index in [4.69, 9.17) is 4.74 Å². The molecule has 0 saturated carbocycles. The van der Waals surface area contributed by atoms with Crippen LogP contribution < -0.4 is 10.1 Å². The van der Waals surface area contributed by atoms with Crippen molar-refractivity contribution in [3.63, 3.8) is 0 Å². The number of rotatable bonds is 7. The Morgan fingerprint density at radius 1 is 1.27 bits per heavy atom. The van der Waals surface area contributed by atoms with Gasteiger partial charge in [-0.05, 0) is 42.2 Å². The van der Waals surface area contributed by atoms with Crippen molar-refractivity contribution in [2.75, 3.05) is 13.7 Å². The van der Waals surface area contributed by atoms with Gasteiger partial charge in [0.1, 0.15) is 11.7 Å². The third-order valence-corrected chi connectivity index (χ3v) is 4.43. The molecule has 3 aromatic rings. The van der Waals surface area contributed by atoms with Gasteiger partial charge < -0.3 is 15.0 Å². The van der Waals surface area contributed by atoms with Gasteiger partial charge in [0.25, 0.3) is 0 Å². The zero-order valence-electron chi connectivity index (χ0n) is 14.7. The highest BCUT2D eigenvalue weighted by Gasteiger charge is 2.20. The van der Waals surface area contributed by atoms with Gasteiger partial charge in [-0.2, -0.15) is 5.26 Å². The summed E-state index contributed by atoms with van der Waals surface area (Å²) in [6, 6.07) is 17.8. The van der Waals surface area contributed by atoms with Crippen LogP contribution in [-0.2, 0) is 17.6 Å². The molecule has 1 amide bonds. The van der Waals surface area contributed by atoms with Crippen molar-refractivity contribution >= 4 is 16.8 Å². The van der Waals surface area contributed by atoms with Gasteiger partial charge in [-0.25, -0.2) is 0 Å². The summed E-state index contributed by atoms with van der Waals surface area (Å²) in [6.45, 7) is 0.517. The van der Waals surface area contributed by atoms with Gasteiger partial charge >= 0.3 is 0 Å². The maximum atomic E-state index is 12.4. The normalized spacial score (nSPS) is 11.7. The molecule has 1 heterocycles. The summed E-state index contributed by atoms with van der Waals surface area (Å²) >= 11 is 0. The summed E-state index contributed by atoms with van der Waals surface area (Å²) in [4.78, 5) is 15.6. The van der Waals surface area contributed by atoms with E-state index >= 15 is 0 Å². The molecule has 1 aromatic heterocycles. The first-order valence-electron chi connectivity index (χ1n) is 8.56. The molecule has 0 saturated heterocycles. The van der Waals surface area contributed by atoms with Gasteiger partial charge in [0, 0.05) is 23.6 Å². The van der Waals surface area contributed by atoms with E-state index < -0.39 is 5.92 Å². The average Bonchev–Trinajstić information content (AvgIpc) is 3.08. The Morgan fingerprint density at radius 2 is 2.08 bits per heavy atom. The molecule has 0 spiro atoms. The van der Waals surface area contributed by atoms with Crippen molar-refractivity contribution in [2.45, 2.75) is 12.8 Å². The Morgan fingerprint density at radius 3 is 2.81 bits per heavy atom. The number of amides is 1. The topological polar surface area (TPSA) is 77.9 Å². The van der Waals surface area contributed by atoms with Gasteiger partial charge in [0.2, 0.25) is 5.91 Å². The van der Waals surface area contributed by atoms with Crippen molar-refractivity contribution < 1.29 is 9.53 Å². The first-order chi connectivity index (χ1) is 12.7. The zero-order chi connectivity index (χ0) is 18.4. The Kier molecular flexibility index (Phi) is 5.55. The van der Waals surface area contributed by atoms with Crippen LogP contribution in [0.1, 0.15) is 11.1 Å². The largest absolute Gasteiger partial charge is 0.497 e. The summed E-state index contributed by atoms with van der Waals surface area (Å²) in [7, 11) is 1.62. The molecule has 0 radical (unpaired) electrons. The second-order valence-corrected chi connectivity index (χ2v) is 6.14. The molecular weight excluding hydrogens is 326 g/mol. The minimum absolute atomic E-state index is 0.235. The van der Waals surface area contributed by atoms with Crippen LogP contribution in [0, 0.1) is 17.2 Å². The van der Waals surface area contributed by atoms with Crippen LogP contribution in [0.15, 0.2) is 54.7 Å². The number of fused-ring (bicyclic) bond motifs is 1. The minimum Gasteiger partial charge on any atom is -0.497 e. The Labute approximate surface area is 152 Å². The first kappa shape index (κ1) is 17.6. The van der Waals surface area contributed by atoms with E-state index in [-0.39, 0.29) is 5.91 Å². The van der Waals surface area contributed by atoms with E-state index in [1.807, 2.05) is 54.7 Å². The fourth-order valence-corrected chi connectivity index (χ4v) is 2.97. The molecule has 0 aliphatic rings. The lowest BCUT2D eigenvalue weighted by molar-refractivity contribution is -0.123. The maximum Gasteiger partial charge on any atom is 0.237 e. The van der Waals surface area contributed by atoms with E-state index in [1.54, 1.807) is 7.11 Å². The Balaban J connectivity index is 1.63. The van der Waals surface area contributed by atoms with E-state index in [2.05, 4.69) is 16.4 Å². The maximum absolute atomic E-state index is 12.4. The summed E-state index contributed by atoms with van der Waals surface area (Å²) in [6.07, 6.45) is 2.96. The third kappa shape index (κ3) is 4.04. The molecule has 0 bridgehead atoms. The van der Waals surface area contributed by atoms with Crippen LogP contribution in [-0.4, -0.2) is 24.5 Å². The zero-order valence-corrected chi connectivity index (χ0v) is 14.7. The van der Waals surface area contributed by atoms with Gasteiger partial charge in [-0.1, -0.05) is 30.3 Å². The number of H-pyrrole nitrogens is 1. The van der Waals surface area contributed by atoms with E-state index in [9.17, 15) is 10.1 Å². The molecular formula is C21H21N3O2. The van der Waals surface area contributed by atoms with Gasteiger partial charge in [-0.3, -0.25) is 4.79 Å². The van der Waals surface area contributed by atoms with Crippen LogP contribution >= 0.6 is 0 Å². The number of benzene rings is 2. The lowest BCUT2D eigenvalue weighted by Crippen LogP contribution is -2.32. The smallest absolute Gasteiger partial charge is 0.237 e. The van der Waals surface area contributed by atoms with Gasteiger partial charge in [-0.15, -0.1) is 0 Å². The second-order valence-electron chi connectivity index (χ2n) is 6.14. The molecule has 5 nitrogen and oxygen atoms in total. The minimum atomic E-state index is -0.726. The van der Waals surface area contributed by atoms with Gasteiger partial charge in [0.05, 0.1) is 13.2 Å². The van der Waals surface area contributed by atoms with Crippen molar-refractivity contribution in [3.8, 4) is 11.8 Å². The predicted octanol–water partition coefficient (Wildman–Crippen LogP) is 3.22. The van der Waals surface area contributed by atoms with Crippen molar-refractivity contribution in [2.24, 2.45) is 5.92 Å². The number of aromatic nitrogens is 1. The molecule has 1 unspecified atom stereocenters. The number of aromatic amines is 1. The number of ether oxygens (including phenoxy) is 1. The molecule has 2 aromatic carbocycles. The number of hydrogen-bond donors (Lipinski definition) is 2. The monoisotopic (exact) mass is 347 g/mol. The highest BCUT2D eigenvalue weighted by Crippen LogP contribution is 2.25. The molecule has 26 heavy (non-hydrogen) atoms. The first-order valence-corrected chi connectivity index (χ1v) is 8.56. The number of carbonyl (C=O) groups excluding carboxylic acids is 1. The average molecular weight is 347 g/mol. The van der Waals surface area contributed by atoms with E-state index in [0.717, 1.165) is 34.2 Å². The van der Waals surface area contributed by atoms with Gasteiger partial charge in [0.15, 0.2) is 0 Å². The molecule has 2 N–H and O–H groups in total. The van der Waals surface area contributed by atoms with Crippen molar-refractivity contribution in [3.05, 3.63) is 65.9 Å². The Bertz CT molecular complexity index is 925. The number of nitrogens with zero attached hydrogens (tertiary/aromatic N) is 1. The van der Waals surface area contributed by atoms with Crippen LogP contribution in [0.2, 0.25) is 0 Å². The van der Waals surface area contributed by atoms with Crippen LogP contribution in [0.5, 0.6) is 5.75 Å². The molecule has 5 heteroatoms. The summed E-state index contributed by atoms with van der Waals surface area (Å²) < 4.78 is 5.26. The fraction of sp³-hybridized carbons (Fsp3) is 0.238. The lowest BCUT2D eigenvalue weighted by Gasteiger charge is -2.10. The SMILES string of the molecule is COc1ccc2[nH]cc(CC(C#N)C(=O)NCCc3ccccc3)c2c1. The fourth-order valence-electron chi connectivity index (χ4n) is 2.97. The summed E-state index contributed by atoms with van der Waals surface area (Å²) in [5, 5.41) is 13.3.